The van der Waals surface area contributed by atoms with E-state index in [1.54, 1.807) is 0 Å². The molecule has 0 aliphatic rings. The molecular formula is C9H10Cl. The Hall–Kier alpha value is -0.490. The molecule has 0 unspecified atom stereocenters. The fourth-order valence-electron chi connectivity index (χ4n) is 0.843. The Bertz CT molecular complexity index is 169. The summed E-state index contributed by atoms with van der Waals surface area (Å²) < 4.78 is 0. The molecule has 0 saturated heterocycles. The van der Waals surface area contributed by atoms with E-state index in [2.05, 4.69) is 12.1 Å². The van der Waals surface area contributed by atoms with E-state index < -0.39 is 0 Å². The molecule has 0 amide bonds. The van der Waals surface area contributed by atoms with E-state index in [0.717, 1.165) is 18.7 Å². The number of hydrogen-bond donors (Lipinski definition) is 0. The van der Waals surface area contributed by atoms with E-state index in [1.807, 2.05) is 18.2 Å². The Labute approximate surface area is 66.8 Å². The van der Waals surface area contributed by atoms with Crippen LogP contribution in [0, 0.1) is 6.07 Å². The van der Waals surface area contributed by atoms with Crippen molar-refractivity contribution < 1.29 is 0 Å². The average Bonchev–Trinajstić information content (AvgIpc) is 2.03. The molecule has 1 heteroatoms. The van der Waals surface area contributed by atoms with Crippen molar-refractivity contribution in [3.8, 4) is 0 Å². The minimum atomic E-state index is 0.739. The lowest BCUT2D eigenvalue weighted by molar-refractivity contribution is 0.927. The van der Waals surface area contributed by atoms with Gasteiger partial charge in [0.2, 0.25) is 0 Å². The third-order valence-electron chi connectivity index (χ3n) is 1.35. The van der Waals surface area contributed by atoms with E-state index in [0.29, 0.717) is 0 Å². The summed E-state index contributed by atoms with van der Waals surface area (Å²) in [5, 5.41) is 0. The van der Waals surface area contributed by atoms with Gasteiger partial charge < -0.3 is 0 Å². The fourth-order valence-corrected chi connectivity index (χ4v) is 0.977. The number of halogens is 1. The molecule has 0 saturated carbocycles. The Balaban J connectivity index is 2.43. The first-order chi connectivity index (χ1) is 4.93. The van der Waals surface area contributed by atoms with Gasteiger partial charge in [0.25, 0.3) is 0 Å². The van der Waals surface area contributed by atoms with Gasteiger partial charge in [0, 0.05) is 5.88 Å². The highest BCUT2D eigenvalue weighted by Gasteiger charge is 1.88. The van der Waals surface area contributed by atoms with Crippen LogP contribution in [0.5, 0.6) is 0 Å². The van der Waals surface area contributed by atoms with Gasteiger partial charge >= 0.3 is 0 Å². The molecule has 0 aliphatic heterocycles. The molecule has 0 atom stereocenters. The van der Waals surface area contributed by atoms with Crippen LogP contribution < -0.4 is 0 Å². The maximum Gasteiger partial charge on any atom is 0.0226 e. The number of benzene rings is 1. The van der Waals surface area contributed by atoms with E-state index in [-0.39, 0.29) is 0 Å². The maximum atomic E-state index is 5.54. The van der Waals surface area contributed by atoms with E-state index in [1.165, 1.54) is 5.56 Å². The van der Waals surface area contributed by atoms with E-state index >= 15 is 0 Å². The van der Waals surface area contributed by atoms with Crippen LogP contribution in [0.3, 0.4) is 0 Å². The minimum Gasteiger partial charge on any atom is -0.127 e. The van der Waals surface area contributed by atoms with Crippen molar-refractivity contribution in [1.82, 2.24) is 0 Å². The molecule has 0 N–H and O–H groups in total. The highest BCUT2D eigenvalue weighted by atomic mass is 35.5. The van der Waals surface area contributed by atoms with Gasteiger partial charge in [-0.3, -0.25) is 0 Å². The minimum absolute atomic E-state index is 0.739. The summed E-state index contributed by atoms with van der Waals surface area (Å²) >= 11 is 5.54. The first-order valence-corrected chi connectivity index (χ1v) is 3.98. The molecular weight excluding hydrogens is 144 g/mol. The molecule has 0 heterocycles. The van der Waals surface area contributed by atoms with Crippen LogP contribution in [-0.4, -0.2) is 5.88 Å². The third kappa shape index (κ3) is 2.40. The van der Waals surface area contributed by atoms with E-state index in [9.17, 15) is 0 Å². The number of rotatable bonds is 3. The molecule has 10 heavy (non-hydrogen) atoms. The van der Waals surface area contributed by atoms with Crippen LogP contribution in [0.4, 0.5) is 0 Å². The number of alkyl halides is 1. The van der Waals surface area contributed by atoms with Gasteiger partial charge in [-0.25, -0.2) is 0 Å². The van der Waals surface area contributed by atoms with Crippen molar-refractivity contribution in [3.05, 3.63) is 35.9 Å². The van der Waals surface area contributed by atoms with Crippen LogP contribution in [0.1, 0.15) is 12.0 Å². The summed E-state index contributed by atoms with van der Waals surface area (Å²) in [4.78, 5) is 0. The standard InChI is InChI=1S/C9H10Cl/c10-8-4-7-9-5-2-1-3-6-9/h1-3,5H,4,7-8H2. The van der Waals surface area contributed by atoms with Gasteiger partial charge in [-0.15, -0.1) is 11.6 Å². The fraction of sp³-hybridized carbons (Fsp3) is 0.333. The molecule has 0 fully saturated rings. The molecule has 1 aromatic carbocycles. The average molecular weight is 154 g/mol. The molecule has 0 aliphatic carbocycles. The second kappa shape index (κ2) is 4.35. The van der Waals surface area contributed by atoms with Crippen molar-refractivity contribution in [3.63, 3.8) is 0 Å². The number of hydrogen-bond acceptors (Lipinski definition) is 0. The van der Waals surface area contributed by atoms with Crippen molar-refractivity contribution >= 4 is 11.6 Å². The van der Waals surface area contributed by atoms with Crippen molar-refractivity contribution in [2.24, 2.45) is 0 Å². The van der Waals surface area contributed by atoms with Gasteiger partial charge in [0.1, 0.15) is 0 Å². The predicted molar refractivity (Wildman–Crippen MR) is 44.3 cm³/mol. The van der Waals surface area contributed by atoms with Gasteiger partial charge in [-0.1, -0.05) is 24.3 Å². The first-order valence-electron chi connectivity index (χ1n) is 3.45. The molecule has 0 nitrogen and oxygen atoms in total. The molecule has 1 radical (unpaired) electrons. The lowest BCUT2D eigenvalue weighted by Gasteiger charge is -1.95. The molecule has 0 spiro atoms. The maximum absolute atomic E-state index is 5.54. The van der Waals surface area contributed by atoms with Gasteiger partial charge in [0.15, 0.2) is 0 Å². The summed E-state index contributed by atoms with van der Waals surface area (Å²) in [6.45, 7) is 0. The zero-order valence-corrected chi connectivity index (χ0v) is 6.56. The van der Waals surface area contributed by atoms with Crippen molar-refractivity contribution in [1.29, 1.82) is 0 Å². The normalized spacial score (nSPS) is 9.70. The zero-order chi connectivity index (χ0) is 7.23. The zero-order valence-electron chi connectivity index (χ0n) is 5.81. The van der Waals surface area contributed by atoms with E-state index in [4.69, 9.17) is 11.6 Å². The predicted octanol–water partition coefficient (Wildman–Crippen LogP) is 2.66. The van der Waals surface area contributed by atoms with Crippen LogP contribution in [0.2, 0.25) is 0 Å². The summed E-state index contributed by atoms with van der Waals surface area (Å²) in [6.07, 6.45) is 2.09. The van der Waals surface area contributed by atoms with Crippen LogP contribution in [-0.2, 0) is 6.42 Å². The Morgan fingerprint density at radius 3 is 2.90 bits per heavy atom. The lowest BCUT2D eigenvalue weighted by Crippen LogP contribution is -1.84. The molecule has 0 aromatic heterocycles. The Morgan fingerprint density at radius 1 is 1.40 bits per heavy atom. The molecule has 53 valence electrons. The second-order valence-corrected chi connectivity index (χ2v) is 2.56. The highest BCUT2D eigenvalue weighted by molar-refractivity contribution is 6.17. The molecule has 1 aromatic rings. The van der Waals surface area contributed by atoms with Crippen molar-refractivity contribution in [2.75, 3.05) is 5.88 Å². The largest absolute Gasteiger partial charge is 0.127 e. The Kier molecular flexibility index (Phi) is 3.31. The SMILES string of the molecule is ClCCCc1[c]cccc1. The number of aryl methyl sites for hydroxylation is 1. The van der Waals surface area contributed by atoms with Crippen LogP contribution in [0.15, 0.2) is 24.3 Å². The van der Waals surface area contributed by atoms with Crippen LogP contribution >= 0.6 is 11.6 Å². The van der Waals surface area contributed by atoms with Gasteiger partial charge in [0.05, 0.1) is 0 Å². The highest BCUT2D eigenvalue weighted by Crippen LogP contribution is 2.01. The van der Waals surface area contributed by atoms with Crippen molar-refractivity contribution in [2.45, 2.75) is 12.8 Å². The molecule has 1 rings (SSSR count). The van der Waals surface area contributed by atoms with Gasteiger partial charge in [-0.05, 0) is 24.5 Å². The summed E-state index contributed by atoms with van der Waals surface area (Å²) in [7, 11) is 0. The smallest absolute Gasteiger partial charge is 0.0226 e. The van der Waals surface area contributed by atoms with Crippen LogP contribution in [0.25, 0.3) is 0 Å². The topological polar surface area (TPSA) is 0 Å². The Morgan fingerprint density at radius 2 is 2.30 bits per heavy atom. The summed E-state index contributed by atoms with van der Waals surface area (Å²) in [6, 6.07) is 11.2. The lowest BCUT2D eigenvalue weighted by atomic mass is 10.1. The molecule has 0 bridgehead atoms. The first kappa shape index (κ1) is 7.62. The quantitative estimate of drug-likeness (QED) is 0.586. The second-order valence-electron chi connectivity index (χ2n) is 2.18. The summed E-state index contributed by atoms with van der Waals surface area (Å²) in [5.41, 5.74) is 1.25. The monoisotopic (exact) mass is 153 g/mol. The third-order valence-corrected chi connectivity index (χ3v) is 1.62. The van der Waals surface area contributed by atoms with Gasteiger partial charge in [-0.2, -0.15) is 0 Å². The summed E-state index contributed by atoms with van der Waals surface area (Å²) in [5.74, 6) is 0.739.